The molecule has 0 bridgehead atoms. The van der Waals surface area contributed by atoms with Gasteiger partial charge in [-0.05, 0) is 44.5 Å². The first kappa shape index (κ1) is 28.4. The number of likely N-dealkylation sites (tertiary alicyclic amines) is 1. The Morgan fingerprint density at radius 1 is 1.16 bits per heavy atom. The number of hydrogen-bond donors (Lipinski definition) is 0. The van der Waals surface area contributed by atoms with Crippen LogP contribution in [-0.2, 0) is 16.3 Å². The first-order valence-corrected chi connectivity index (χ1v) is 17.3. The van der Waals surface area contributed by atoms with Crippen molar-refractivity contribution >= 4 is 36.6 Å². The molecule has 0 saturated carbocycles. The van der Waals surface area contributed by atoms with Gasteiger partial charge in [-0.3, -0.25) is 9.36 Å². The van der Waals surface area contributed by atoms with Gasteiger partial charge in [0.1, 0.15) is 35.1 Å². The van der Waals surface area contributed by atoms with Gasteiger partial charge in [0.25, 0.3) is 0 Å². The monoisotopic (exact) mass is 558 g/mol. The molecule has 8 nitrogen and oxygen atoms in total. The molecule has 0 spiro atoms. The fourth-order valence-corrected chi connectivity index (χ4v) is 5.70. The number of rotatable bonds is 11. The minimum atomic E-state index is -1.19. The lowest BCUT2D eigenvalue weighted by Gasteiger charge is -2.26. The third-order valence-corrected chi connectivity index (χ3v) is 9.18. The zero-order chi connectivity index (χ0) is 27.6. The van der Waals surface area contributed by atoms with Gasteiger partial charge in [-0.2, -0.15) is 4.98 Å². The standard InChI is InChI=1S/C28H39ClN4O4Si/c1-18(21-8-10-23(35-4)11-9-21)32-16-22(14-26(32)34)19(2)37-28-27-24(15-25(29)31-28)30-20(3)33(27)17-36-12-13-38(5,6)7/h8-11,15,18-19,22H,12-14,16-17H2,1-7H3/t18-,19-,22-/m1/s1. The number of fused-ring (bicyclic) bond motifs is 1. The molecule has 4 rings (SSSR count). The second-order valence-corrected chi connectivity index (χ2v) is 17.3. The maximum atomic E-state index is 13.0. The molecule has 3 atom stereocenters. The van der Waals surface area contributed by atoms with Crippen molar-refractivity contribution in [2.24, 2.45) is 5.92 Å². The quantitative estimate of drug-likeness (QED) is 0.161. The first-order valence-electron chi connectivity index (χ1n) is 13.2. The zero-order valence-corrected chi connectivity index (χ0v) is 25.2. The summed E-state index contributed by atoms with van der Waals surface area (Å²) in [5.41, 5.74) is 2.55. The van der Waals surface area contributed by atoms with Crippen molar-refractivity contribution in [3.05, 3.63) is 46.9 Å². The molecule has 0 radical (unpaired) electrons. The van der Waals surface area contributed by atoms with Crippen molar-refractivity contribution < 1.29 is 19.0 Å². The predicted molar refractivity (Wildman–Crippen MR) is 153 cm³/mol. The number of nitrogens with zero attached hydrogens (tertiary/aromatic N) is 4. The van der Waals surface area contributed by atoms with Crippen LogP contribution in [0.3, 0.4) is 0 Å². The lowest BCUT2D eigenvalue weighted by Crippen LogP contribution is -2.31. The van der Waals surface area contributed by atoms with Gasteiger partial charge in [-0.25, -0.2) is 4.98 Å². The van der Waals surface area contributed by atoms with E-state index in [1.807, 2.05) is 47.6 Å². The van der Waals surface area contributed by atoms with E-state index in [0.717, 1.165) is 34.2 Å². The highest BCUT2D eigenvalue weighted by atomic mass is 35.5. The van der Waals surface area contributed by atoms with Crippen LogP contribution in [0.4, 0.5) is 0 Å². The number of aromatic nitrogens is 3. The zero-order valence-electron chi connectivity index (χ0n) is 23.5. The molecule has 3 aromatic rings. The number of hydrogen-bond acceptors (Lipinski definition) is 6. The van der Waals surface area contributed by atoms with Gasteiger partial charge in [-0.15, -0.1) is 0 Å². The number of methoxy groups -OCH3 is 1. The van der Waals surface area contributed by atoms with E-state index in [9.17, 15) is 4.79 Å². The smallest absolute Gasteiger partial charge is 0.242 e. The van der Waals surface area contributed by atoms with E-state index in [2.05, 4.69) is 36.5 Å². The number of pyridine rings is 1. The molecule has 1 saturated heterocycles. The topological polar surface area (TPSA) is 78.7 Å². The molecule has 1 aromatic carbocycles. The van der Waals surface area contributed by atoms with Crippen LogP contribution in [0.15, 0.2) is 30.3 Å². The van der Waals surface area contributed by atoms with Gasteiger partial charge in [0.15, 0.2) is 0 Å². The van der Waals surface area contributed by atoms with E-state index in [1.165, 1.54) is 0 Å². The fourth-order valence-electron chi connectivity index (χ4n) is 4.77. The molecule has 1 amide bonds. The Morgan fingerprint density at radius 3 is 2.53 bits per heavy atom. The highest BCUT2D eigenvalue weighted by Gasteiger charge is 2.37. The van der Waals surface area contributed by atoms with E-state index in [1.54, 1.807) is 13.2 Å². The Balaban J connectivity index is 1.49. The summed E-state index contributed by atoms with van der Waals surface area (Å²) in [5.74, 6) is 2.16. The van der Waals surface area contributed by atoms with Gasteiger partial charge >= 0.3 is 0 Å². The summed E-state index contributed by atoms with van der Waals surface area (Å²) in [6, 6.07) is 10.6. The van der Waals surface area contributed by atoms with Crippen molar-refractivity contribution in [1.29, 1.82) is 0 Å². The fraction of sp³-hybridized carbons (Fsp3) is 0.536. The average molecular weight is 559 g/mol. The molecule has 0 unspecified atom stereocenters. The van der Waals surface area contributed by atoms with Crippen molar-refractivity contribution in [3.63, 3.8) is 0 Å². The van der Waals surface area contributed by atoms with Crippen LogP contribution in [0, 0.1) is 12.8 Å². The molecule has 0 aliphatic carbocycles. The van der Waals surface area contributed by atoms with Crippen LogP contribution in [0.2, 0.25) is 30.8 Å². The number of carbonyl (C=O) groups is 1. The maximum Gasteiger partial charge on any atom is 0.242 e. The molecule has 1 fully saturated rings. The van der Waals surface area contributed by atoms with Gasteiger partial charge < -0.3 is 19.1 Å². The number of carbonyl (C=O) groups excluding carboxylic acids is 1. The van der Waals surface area contributed by atoms with Gasteiger partial charge in [0, 0.05) is 39.6 Å². The lowest BCUT2D eigenvalue weighted by molar-refractivity contribution is -0.129. The van der Waals surface area contributed by atoms with Crippen molar-refractivity contribution in [2.45, 2.75) is 71.8 Å². The molecule has 206 valence electrons. The van der Waals surface area contributed by atoms with Crippen molar-refractivity contribution in [2.75, 3.05) is 20.3 Å². The molecular formula is C28H39ClN4O4Si. The normalized spacial score (nSPS) is 17.7. The van der Waals surface area contributed by atoms with Crippen LogP contribution in [-0.4, -0.2) is 59.8 Å². The summed E-state index contributed by atoms with van der Waals surface area (Å²) < 4.78 is 19.7. The van der Waals surface area contributed by atoms with E-state index in [4.69, 9.17) is 25.8 Å². The predicted octanol–water partition coefficient (Wildman–Crippen LogP) is 6.09. The highest BCUT2D eigenvalue weighted by Crippen LogP contribution is 2.34. The van der Waals surface area contributed by atoms with Crippen LogP contribution in [0.5, 0.6) is 11.6 Å². The lowest BCUT2D eigenvalue weighted by atomic mass is 10.0. The number of imidazole rings is 1. The number of amides is 1. The number of halogens is 1. The van der Waals surface area contributed by atoms with Crippen molar-refractivity contribution in [3.8, 4) is 11.6 Å². The minimum absolute atomic E-state index is 0.0180. The average Bonchev–Trinajstić information content (AvgIpc) is 3.40. The van der Waals surface area contributed by atoms with Crippen molar-refractivity contribution in [1.82, 2.24) is 19.4 Å². The second-order valence-electron chi connectivity index (χ2n) is 11.3. The molecule has 10 heteroatoms. The number of ether oxygens (including phenoxy) is 3. The Bertz CT molecular complexity index is 1270. The summed E-state index contributed by atoms with van der Waals surface area (Å²) in [5, 5.41) is 0.321. The van der Waals surface area contributed by atoms with Gasteiger partial charge in [-0.1, -0.05) is 43.4 Å². The second kappa shape index (κ2) is 11.6. The minimum Gasteiger partial charge on any atom is -0.497 e. The Labute approximate surface area is 231 Å². The molecule has 2 aromatic heterocycles. The third kappa shape index (κ3) is 6.50. The molecule has 38 heavy (non-hydrogen) atoms. The van der Waals surface area contributed by atoms with E-state index in [-0.39, 0.29) is 24.0 Å². The van der Waals surface area contributed by atoms with Crippen LogP contribution < -0.4 is 9.47 Å². The van der Waals surface area contributed by atoms with Crippen LogP contribution >= 0.6 is 11.6 Å². The van der Waals surface area contributed by atoms with Gasteiger partial charge in [0.2, 0.25) is 11.8 Å². The van der Waals surface area contributed by atoms with Crippen LogP contribution in [0.25, 0.3) is 11.0 Å². The van der Waals surface area contributed by atoms with Gasteiger partial charge in [0.05, 0.1) is 18.7 Å². The van der Waals surface area contributed by atoms with E-state index < -0.39 is 8.07 Å². The largest absolute Gasteiger partial charge is 0.497 e. The summed E-state index contributed by atoms with van der Waals surface area (Å²) in [6.07, 6.45) is 0.168. The Hall–Kier alpha value is -2.62. The molecule has 3 heterocycles. The van der Waals surface area contributed by atoms with Crippen LogP contribution in [0.1, 0.15) is 37.7 Å². The summed E-state index contributed by atoms with van der Waals surface area (Å²) >= 11 is 6.34. The van der Waals surface area contributed by atoms with E-state index in [0.29, 0.717) is 37.3 Å². The third-order valence-electron chi connectivity index (χ3n) is 7.28. The Morgan fingerprint density at radius 2 is 1.87 bits per heavy atom. The highest BCUT2D eigenvalue weighted by molar-refractivity contribution is 6.76. The molecule has 1 aliphatic heterocycles. The van der Waals surface area contributed by atoms with E-state index >= 15 is 0 Å². The summed E-state index contributed by atoms with van der Waals surface area (Å²) in [4.78, 5) is 24.1. The molecule has 1 aliphatic rings. The first-order chi connectivity index (χ1) is 18.0. The number of aryl methyl sites for hydroxylation is 1. The number of benzene rings is 1. The Kier molecular flexibility index (Phi) is 8.69. The molecular weight excluding hydrogens is 520 g/mol. The molecule has 0 N–H and O–H groups in total. The maximum absolute atomic E-state index is 13.0. The summed E-state index contributed by atoms with van der Waals surface area (Å²) in [7, 11) is 0.457. The summed E-state index contributed by atoms with van der Waals surface area (Å²) in [6.45, 7) is 14.7. The SMILES string of the molecule is COc1ccc([C@@H](C)N2C[C@H]([C@@H](C)Oc3nc(Cl)cc4nc(C)n(COCC[Si](C)(C)C)c34)CC2=O)cc1.